The predicted molar refractivity (Wildman–Crippen MR) is 56.5 cm³/mol. The first-order valence-electron chi connectivity index (χ1n) is 5.28. The summed E-state index contributed by atoms with van der Waals surface area (Å²) in [6.07, 6.45) is 4.60. The molecule has 15 heavy (non-hydrogen) atoms. The number of carboxylic acids is 1. The van der Waals surface area contributed by atoms with Crippen LogP contribution in [0.15, 0.2) is 18.3 Å². The van der Waals surface area contributed by atoms with Crippen LogP contribution in [0.5, 0.6) is 0 Å². The number of aromatic nitrogens is 1. The summed E-state index contributed by atoms with van der Waals surface area (Å²) in [6, 6.07) is 3.85. The number of nitrogens with one attached hydrogen (secondary N) is 1. The van der Waals surface area contributed by atoms with Gasteiger partial charge >= 0.3 is 5.97 Å². The minimum Gasteiger partial charge on any atom is -0.481 e. The molecule has 2 rings (SSSR count). The SMILES string of the molecule is NC1CCC(C(=O)O)(c2ccc[nH]2)CC1. The smallest absolute Gasteiger partial charge is 0.315 e. The fourth-order valence-electron chi connectivity index (χ4n) is 2.36. The summed E-state index contributed by atoms with van der Waals surface area (Å²) in [7, 11) is 0. The zero-order valence-electron chi connectivity index (χ0n) is 8.57. The number of hydrogen-bond acceptors (Lipinski definition) is 2. The van der Waals surface area contributed by atoms with Crippen LogP contribution in [0, 0.1) is 0 Å². The van der Waals surface area contributed by atoms with Gasteiger partial charge in [0.1, 0.15) is 5.41 Å². The van der Waals surface area contributed by atoms with E-state index in [2.05, 4.69) is 4.98 Å². The Morgan fingerprint density at radius 1 is 1.53 bits per heavy atom. The van der Waals surface area contributed by atoms with Gasteiger partial charge in [-0.05, 0) is 37.8 Å². The molecule has 0 saturated heterocycles. The molecular weight excluding hydrogens is 192 g/mol. The summed E-state index contributed by atoms with van der Waals surface area (Å²) in [4.78, 5) is 14.4. The van der Waals surface area contributed by atoms with E-state index in [1.807, 2.05) is 12.1 Å². The minimum absolute atomic E-state index is 0.160. The Morgan fingerprint density at radius 2 is 2.20 bits per heavy atom. The molecule has 4 N–H and O–H groups in total. The standard InChI is InChI=1S/C11H16N2O2/c12-8-3-5-11(6-4-8,10(14)15)9-2-1-7-13-9/h1-2,7-8,13H,3-6,12H2,(H,14,15). The average molecular weight is 208 g/mol. The van der Waals surface area contributed by atoms with E-state index in [1.54, 1.807) is 6.20 Å². The second-order valence-corrected chi connectivity index (χ2v) is 4.31. The first-order valence-corrected chi connectivity index (χ1v) is 5.28. The monoisotopic (exact) mass is 208 g/mol. The van der Waals surface area contributed by atoms with E-state index in [0.717, 1.165) is 18.5 Å². The van der Waals surface area contributed by atoms with Gasteiger partial charge in [-0.3, -0.25) is 4.79 Å². The molecule has 0 amide bonds. The van der Waals surface area contributed by atoms with E-state index in [4.69, 9.17) is 5.73 Å². The van der Waals surface area contributed by atoms with Gasteiger partial charge < -0.3 is 15.8 Å². The third kappa shape index (κ3) is 1.65. The Bertz CT molecular complexity index is 337. The van der Waals surface area contributed by atoms with Crippen molar-refractivity contribution in [2.75, 3.05) is 0 Å². The van der Waals surface area contributed by atoms with E-state index in [1.165, 1.54) is 0 Å². The van der Waals surface area contributed by atoms with Gasteiger partial charge in [0.2, 0.25) is 0 Å². The third-order valence-electron chi connectivity index (χ3n) is 3.41. The van der Waals surface area contributed by atoms with Gasteiger partial charge in [0.05, 0.1) is 0 Å². The van der Waals surface area contributed by atoms with Crippen molar-refractivity contribution in [2.24, 2.45) is 5.73 Å². The fourth-order valence-corrected chi connectivity index (χ4v) is 2.36. The summed E-state index contributed by atoms with van der Waals surface area (Å²) < 4.78 is 0. The van der Waals surface area contributed by atoms with Crippen molar-refractivity contribution in [3.63, 3.8) is 0 Å². The lowest BCUT2D eigenvalue weighted by Gasteiger charge is -2.34. The van der Waals surface area contributed by atoms with E-state index in [9.17, 15) is 9.90 Å². The van der Waals surface area contributed by atoms with E-state index in [-0.39, 0.29) is 6.04 Å². The second-order valence-electron chi connectivity index (χ2n) is 4.31. The topological polar surface area (TPSA) is 79.1 Å². The summed E-state index contributed by atoms with van der Waals surface area (Å²) in [5.41, 5.74) is 5.88. The highest BCUT2D eigenvalue weighted by atomic mass is 16.4. The van der Waals surface area contributed by atoms with Crippen molar-refractivity contribution in [3.8, 4) is 0 Å². The first-order chi connectivity index (χ1) is 7.15. The molecular formula is C11H16N2O2. The highest BCUT2D eigenvalue weighted by Crippen LogP contribution is 2.38. The van der Waals surface area contributed by atoms with Crippen molar-refractivity contribution >= 4 is 5.97 Å². The van der Waals surface area contributed by atoms with Crippen LogP contribution in [0.25, 0.3) is 0 Å². The molecule has 1 aliphatic rings. The zero-order chi connectivity index (χ0) is 10.9. The summed E-state index contributed by atoms with van der Waals surface area (Å²) in [6.45, 7) is 0. The number of carbonyl (C=O) groups is 1. The molecule has 1 heterocycles. The van der Waals surface area contributed by atoms with Gasteiger partial charge in [0.15, 0.2) is 0 Å². The molecule has 0 atom stereocenters. The Labute approximate surface area is 88.5 Å². The number of hydrogen-bond donors (Lipinski definition) is 3. The van der Waals surface area contributed by atoms with Crippen molar-refractivity contribution in [1.82, 2.24) is 4.98 Å². The maximum atomic E-state index is 11.4. The van der Waals surface area contributed by atoms with Crippen LogP contribution in [0.4, 0.5) is 0 Å². The maximum absolute atomic E-state index is 11.4. The lowest BCUT2D eigenvalue weighted by molar-refractivity contribution is -0.145. The van der Waals surface area contributed by atoms with Crippen LogP contribution in [0.3, 0.4) is 0 Å². The van der Waals surface area contributed by atoms with Gasteiger partial charge in [0.25, 0.3) is 0 Å². The molecule has 0 spiro atoms. The average Bonchev–Trinajstić information content (AvgIpc) is 2.72. The molecule has 1 fully saturated rings. The molecule has 1 aromatic heterocycles. The van der Waals surface area contributed by atoms with Gasteiger partial charge in [-0.15, -0.1) is 0 Å². The predicted octanol–water partition coefficient (Wildman–Crippen LogP) is 1.24. The molecule has 4 heteroatoms. The Kier molecular flexibility index (Phi) is 2.52. The Morgan fingerprint density at radius 3 is 2.67 bits per heavy atom. The normalized spacial score (nSPS) is 31.4. The van der Waals surface area contributed by atoms with Crippen molar-refractivity contribution in [2.45, 2.75) is 37.1 Å². The van der Waals surface area contributed by atoms with Gasteiger partial charge in [-0.2, -0.15) is 0 Å². The number of aromatic amines is 1. The number of rotatable bonds is 2. The molecule has 0 bridgehead atoms. The zero-order valence-corrected chi connectivity index (χ0v) is 8.57. The highest BCUT2D eigenvalue weighted by Gasteiger charge is 2.43. The van der Waals surface area contributed by atoms with Gasteiger partial charge in [0, 0.05) is 17.9 Å². The first kappa shape index (κ1) is 10.2. The fraction of sp³-hybridized carbons (Fsp3) is 0.545. The third-order valence-corrected chi connectivity index (χ3v) is 3.41. The van der Waals surface area contributed by atoms with Crippen LogP contribution >= 0.6 is 0 Å². The second kappa shape index (κ2) is 3.70. The number of nitrogens with two attached hydrogens (primary N) is 1. The van der Waals surface area contributed by atoms with E-state index < -0.39 is 11.4 Å². The highest BCUT2D eigenvalue weighted by molar-refractivity contribution is 5.80. The molecule has 0 radical (unpaired) electrons. The van der Waals surface area contributed by atoms with E-state index in [0.29, 0.717) is 12.8 Å². The van der Waals surface area contributed by atoms with Crippen molar-refractivity contribution in [3.05, 3.63) is 24.0 Å². The van der Waals surface area contributed by atoms with Crippen LogP contribution < -0.4 is 5.73 Å². The van der Waals surface area contributed by atoms with Crippen LogP contribution in [-0.2, 0) is 10.2 Å². The molecule has 4 nitrogen and oxygen atoms in total. The number of H-pyrrole nitrogens is 1. The largest absolute Gasteiger partial charge is 0.481 e. The van der Waals surface area contributed by atoms with Gasteiger partial charge in [-0.25, -0.2) is 0 Å². The Balaban J connectivity index is 2.30. The molecule has 1 aliphatic carbocycles. The molecule has 1 aromatic rings. The molecule has 1 saturated carbocycles. The molecule has 0 aromatic carbocycles. The van der Waals surface area contributed by atoms with E-state index >= 15 is 0 Å². The van der Waals surface area contributed by atoms with Crippen LogP contribution in [0.2, 0.25) is 0 Å². The summed E-state index contributed by atoms with van der Waals surface area (Å²) in [5.74, 6) is -0.739. The maximum Gasteiger partial charge on any atom is 0.315 e. The molecule has 82 valence electrons. The quantitative estimate of drug-likeness (QED) is 0.684. The number of aliphatic carboxylic acids is 1. The minimum atomic E-state index is -0.739. The van der Waals surface area contributed by atoms with Crippen molar-refractivity contribution in [1.29, 1.82) is 0 Å². The summed E-state index contributed by atoms with van der Waals surface area (Å²) in [5, 5.41) is 9.39. The lowest BCUT2D eigenvalue weighted by Crippen LogP contribution is -2.43. The Hall–Kier alpha value is -1.29. The van der Waals surface area contributed by atoms with Gasteiger partial charge in [-0.1, -0.05) is 0 Å². The number of carboxylic acid groups (broad SMARTS) is 1. The summed E-state index contributed by atoms with van der Waals surface area (Å²) >= 11 is 0. The lowest BCUT2D eigenvalue weighted by atomic mass is 9.70. The molecule has 0 unspecified atom stereocenters. The molecule has 0 aliphatic heterocycles. The van der Waals surface area contributed by atoms with Crippen LogP contribution in [-0.4, -0.2) is 22.1 Å². The van der Waals surface area contributed by atoms with Crippen molar-refractivity contribution < 1.29 is 9.90 Å². The van der Waals surface area contributed by atoms with Crippen LogP contribution in [0.1, 0.15) is 31.4 Å².